The van der Waals surface area contributed by atoms with Crippen LogP contribution in [0.4, 0.5) is 0 Å². The molecule has 88 valence electrons. The Bertz CT molecular complexity index is 368. The minimum atomic E-state index is 0.464. The third-order valence-corrected chi connectivity index (χ3v) is 3.78. The predicted octanol–water partition coefficient (Wildman–Crippen LogP) is 2.49. The lowest BCUT2D eigenvalue weighted by atomic mass is 9.99. The zero-order chi connectivity index (χ0) is 11.5. The fourth-order valence-corrected chi connectivity index (χ4v) is 2.37. The molecule has 2 unspecified atom stereocenters. The van der Waals surface area contributed by atoms with E-state index in [2.05, 4.69) is 17.6 Å². The highest BCUT2D eigenvalue weighted by Gasteiger charge is 2.20. The molecule has 16 heavy (non-hydrogen) atoms. The summed E-state index contributed by atoms with van der Waals surface area (Å²) in [6, 6.07) is 6.80. The summed E-state index contributed by atoms with van der Waals surface area (Å²) in [7, 11) is 0. The average Bonchev–Trinajstić information content (AvgIpc) is 2.27. The normalized spacial score (nSPS) is 25.7. The van der Waals surface area contributed by atoms with Gasteiger partial charge in [0.2, 0.25) is 0 Å². The van der Waals surface area contributed by atoms with Gasteiger partial charge in [-0.05, 0) is 31.0 Å². The van der Waals surface area contributed by atoms with Crippen LogP contribution in [0.15, 0.2) is 18.2 Å². The Kier molecular flexibility index (Phi) is 4.09. The predicted molar refractivity (Wildman–Crippen MR) is 69.4 cm³/mol. The minimum absolute atomic E-state index is 0.464. The Morgan fingerprint density at radius 2 is 1.94 bits per heavy atom. The number of hydrogen-bond acceptors (Lipinski definition) is 2. The van der Waals surface area contributed by atoms with Gasteiger partial charge in [-0.2, -0.15) is 0 Å². The molecule has 0 radical (unpaired) electrons. The summed E-state index contributed by atoms with van der Waals surface area (Å²) < 4.78 is 0. The fourth-order valence-electron chi connectivity index (χ4n) is 2.05. The zero-order valence-electron chi connectivity index (χ0n) is 9.26. The maximum Gasteiger partial charge on any atom is 0.0595 e. The highest BCUT2D eigenvalue weighted by Crippen LogP contribution is 2.23. The van der Waals surface area contributed by atoms with Crippen LogP contribution < -0.4 is 10.6 Å². The van der Waals surface area contributed by atoms with Gasteiger partial charge >= 0.3 is 0 Å². The number of hydrogen-bond donors (Lipinski definition) is 2. The first kappa shape index (κ1) is 12.2. The second-order valence-corrected chi connectivity index (χ2v) is 5.07. The second kappa shape index (κ2) is 5.37. The van der Waals surface area contributed by atoms with Gasteiger partial charge in [0, 0.05) is 25.2 Å². The van der Waals surface area contributed by atoms with Gasteiger partial charge in [0.1, 0.15) is 0 Å². The molecule has 0 aromatic heterocycles. The van der Waals surface area contributed by atoms with Crippen molar-refractivity contribution in [2.24, 2.45) is 0 Å². The lowest BCUT2D eigenvalue weighted by molar-refractivity contribution is 0.337. The summed E-state index contributed by atoms with van der Waals surface area (Å²) in [4.78, 5) is 0. The van der Waals surface area contributed by atoms with Crippen molar-refractivity contribution in [2.45, 2.75) is 25.4 Å². The molecule has 1 aliphatic rings. The molecule has 2 rings (SSSR count). The molecular formula is C12H16Cl2N2. The van der Waals surface area contributed by atoms with E-state index < -0.39 is 0 Å². The highest BCUT2D eigenvalue weighted by atomic mass is 35.5. The van der Waals surface area contributed by atoms with Crippen LogP contribution >= 0.6 is 23.2 Å². The van der Waals surface area contributed by atoms with E-state index in [4.69, 9.17) is 23.2 Å². The first-order chi connectivity index (χ1) is 7.66. The quantitative estimate of drug-likeness (QED) is 0.852. The topological polar surface area (TPSA) is 24.1 Å². The van der Waals surface area contributed by atoms with E-state index in [1.54, 1.807) is 0 Å². The van der Waals surface area contributed by atoms with E-state index in [1.165, 1.54) is 5.56 Å². The van der Waals surface area contributed by atoms with Crippen molar-refractivity contribution in [1.82, 2.24) is 10.6 Å². The van der Waals surface area contributed by atoms with Crippen molar-refractivity contribution in [3.05, 3.63) is 33.8 Å². The summed E-state index contributed by atoms with van der Waals surface area (Å²) >= 11 is 11.9. The number of nitrogens with one attached hydrogen (secondary N) is 2. The molecule has 4 heteroatoms. The molecule has 1 aliphatic heterocycles. The van der Waals surface area contributed by atoms with Crippen LogP contribution in [0.5, 0.6) is 0 Å². The van der Waals surface area contributed by atoms with Gasteiger partial charge in [-0.15, -0.1) is 0 Å². The van der Waals surface area contributed by atoms with Gasteiger partial charge in [0.05, 0.1) is 10.0 Å². The zero-order valence-corrected chi connectivity index (χ0v) is 10.8. The summed E-state index contributed by atoms with van der Waals surface area (Å²) in [6.07, 6.45) is 0.977. The van der Waals surface area contributed by atoms with Crippen LogP contribution in [-0.2, 0) is 6.42 Å². The SMILES string of the molecule is CC1NCCNC1Cc1ccc(Cl)c(Cl)c1. The lowest BCUT2D eigenvalue weighted by Gasteiger charge is -2.31. The van der Waals surface area contributed by atoms with Gasteiger partial charge in [-0.25, -0.2) is 0 Å². The van der Waals surface area contributed by atoms with Crippen molar-refractivity contribution < 1.29 is 0 Å². The largest absolute Gasteiger partial charge is 0.311 e. The monoisotopic (exact) mass is 258 g/mol. The van der Waals surface area contributed by atoms with Crippen LogP contribution in [0.25, 0.3) is 0 Å². The second-order valence-electron chi connectivity index (χ2n) is 4.26. The first-order valence-corrected chi connectivity index (χ1v) is 6.33. The van der Waals surface area contributed by atoms with Crippen LogP contribution in [0.1, 0.15) is 12.5 Å². The van der Waals surface area contributed by atoms with E-state index in [0.717, 1.165) is 19.5 Å². The van der Waals surface area contributed by atoms with E-state index >= 15 is 0 Å². The molecule has 0 amide bonds. The molecule has 0 saturated carbocycles. The Balaban J connectivity index is 2.05. The van der Waals surface area contributed by atoms with Crippen LogP contribution in [0.2, 0.25) is 10.0 Å². The maximum atomic E-state index is 6.00. The van der Waals surface area contributed by atoms with Crippen LogP contribution in [0.3, 0.4) is 0 Å². The van der Waals surface area contributed by atoms with E-state index in [9.17, 15) is 0 Å². The first-order valence-electron chi connectivity index (χ1n) is 5.57. The standard InChI is InChI=1S/C12H16Cl2N2/c1-8-12(16-5-4-15-8)7-9-2-3-10(13)11(14)6-9/h2-3,6,8,12,15-16H,4-5,7H2,1H3. The molecule has 0 bridgehead atoms. The molecule has 2 nitrogen and oxygen atoms in total. The summed E-state index contributed by atoms with van der Waals surface area (Å²) in [5.41, 5.74) is 1.22. The molecule has 1 fully saturated rings. The molecule has 1 heterocycles. The smallest absolute Gasteiger partial charge is 0.0595 e. The Hall–Kier alpha value is -0.280. The molecule has 2 atom stereocenters. The third kappa shape index (κ3) is 2.89. The van der Waals surface area contributed by atoms with Crippen molar-refractivity contribution in [2.75, 3.05) is 13.1 Å². The Morgan fingerprint density at radius 3 is 2.62 bits per heavy atom. The lowest BCUT2D eigenvalue weighted by Crippen LogP contribution is -2.55. The summed E-state index contributed by atoms with van der Waals surface area (Å²) in [5.74, 6) is 0. The molecule has 2 N–H and O–H groups in total. The summed E-state index contributed by atoms with van der Waals surface area (Å²) in [6.45, 7) is 4.27. The molecule has 1 aromatic rings. The number of benzene rings is 1. The van der Waals surface area contributed by atoms with Gasteiger partial charge in [0.25, 0.3) is 0 Å². The van der Waals surface area contributed by atoms with E-state index in [0.29, 0.717) is 22.1 Å². The highest BCUT2D eigenvalue weighted by molar-refractivity contribution is 6.42. The van der Waals surface area contributed by atoms with Crippen LogP contribution in [0, 0.1) is 0 Å². The molecular weight excluding hydrogens is 243 g/mol. The van der Waals surface area contributed by atoms with Crippen molar-refractivity contribution in [3.8, 4) is 0 Å². The third-order valence-electron chi connectivity index (χ3n) is 3.04. The Morgan fingerprint density at radius 1 is 1.19 bits per heavy atom. The molecule has 0 aliphatic carbocycles. The maximum absolute atomic E-state index is 6.00. The van der Waals surface area contributed by atoms with Crippen molar-refractivity contribution >= 4 is 23.2 Å². The van der Waals surface area contributed by atoms with Crippen molar-refractivity contribution in [3.63, 3.8) is 0 Å². The molecule has 1 aromatic carbocycles. The minimum Gasteiger partial charge on any atom is -0.311 e. The number of piperazine rings is 1. The van der Waals surface area contributed by atoms with Gasteiger partial charge in [0.15, 0.2) is 0 Å². The van der Waals surface area contributed by atoms with Gasteiger partial charge in [-0.1, -0.05) is 29.3 Å². The van der Waals surface area contributed by atoms with Crippen LogP contribution in [-0.4, -0.2) is 25.2 Å². The molecule has 0 spiro atoms. The summed E-state index contributed by atoms with van der Waals surface area (Å²) in [5, 5.41) is 8.22. The number of rotatable bonds is 2. The van der Waals surface area contributed by atoms with E-state index in [-0.39, 0.29) is 0 Å². The Labute approximate surface area is 106 Å². The van der Waals surface area contributed by atoms with E-state index in [1.807, 2.05) is 18.2 Å². The average molecular weight is 259 g/mol. The van der Waals surface area contributed by atoms with Crippen molar-refractivity contribution in [1.29, 1.82) is 0 Å². The number of halogens is 2. The van der Waals surface area contributed by atoms with Gasteiger partial charge < -0.3 is 10.6 Å². The fraction of sp³-hybridized carbons (Fsp3) is 0.500. The van der Waals surface area contributed by atoms with Gasteiger partial charge in [-0.3, -0.25) is 0 Å². The molecule has 1 saturated heterocycles.